The fraction of sp³-hybridized carbons (Fsp3) is 0.462. The number of amides is 1. The van der Waals surface area contributed by atoms with Crippen molar-refractivity contribution in [1.82, 2.24) is 5.32 Å². The van der Waals surface area contributed by atoms with Gasteiger partial charge in [0, 0.05) is 24.2 Å². The molecule has 0 aromatic heterocycles. The van der Waals surface area contributed by atoms with E-state index in [1.165, 1.54) is 12.1 Å². The summed E-state index contributed by atoms with van der Waals surface area (Å²) in [5.41, 5.74) is 6.09. The second-order valence-electron chi connectivity index (χ2n) is 4.65. The minimum absolute atomic E-state index is 0.0637. The van der Waals surface area contributed by atoms with Crippen molar-refractivity contribution < 1.29 is 13.6 Å². The summed E-state index contributed by atoms with van der Waals surface area (Å²) >= 11 is 0. The number of carbonyl (C=O) groups excluding carboxylic acids is 1. The van der Waals surface area contributed by atoms with E-state index in [-0.39, 0.29) is 30.0 Å². The van der Waals surface area contributed by atoms with Crippen LogP contribution in [0.25, 0.3) is 0 Å². The first kappa shape index (κ1) is 13.0. The van der Waals surface area contributed by atoms with Gasteiger partial charge in [0.05, 0.1) is 5.92 Å². The van der Waals surface area contributed by atoms with Gasteiger partial charge < -0.3 is 11.1 Å². The summed E-state index contributed by atoms with van der Waals surface area (Å²) in [5, 5.41) is 2.65. The van der Waals surface area contributed by atoms with E-state index < -0.39 is 11.6 Å². The third kappa shape index (κ3) is 2.85. The van der Waals surface area contributed by atoms with Gasteiger partial charge in [-0.15, -0.1) is 0 Å². The van der Waals surface area contributed by atoms with E-state index >= 15 is 0 Å². The molecular weight excluding hydrogens is 238 g/mol. The van der Waals surface area contributed by atoms with Crippen LogP contribution in [-0.4, -0.2) is 11.9 Å². The average molecular weight is 254 g/mol. The van der Waals surface area contributed by atoms with E-state index in [9.17, 15) is 13.6 Å². The predicted octanol–water partition coefficient (Wildman–Crippen LogP) is 1.71. The van der Waals surface area contributed by atoms with Gasteiger partial charge in [-0.2, -0.15) is 0 Å². The molecule has 0 heterocycles. The molecule has 0 bridgehead atoms. The monoisotopic (exact) mass is 254 g/mol. The van der Waals surface area contributed by atoms with Crippen LogP contribution in [0.5, 0.6) is 0 Å². The molecule has 2 unspecified atom stereocenters. The Morgan fingerprint density at radius 1 is 1.39 bits per heavy atom. The zero-order valence-corrected chi connectivity index (χ0v) is 9.96. The number of hydrogen-bond acceptors (Lipinski definition) is 2. The molecule has 2 atom stereocenters. The van der Waals surface area contributed by atoms with Crippen LogP contribution in [-0.2, 0) is 11.3 Å². The van der Waals surface area contributed by atoms with E-state index in [0.717, 1.165) is 25.3 Å². The minimum Gasteiger partial charge on any atom is -0.352 e. The van der Waals surface area contributed by atoms with Crippen molar-refractivity contribution >= 4 is 5.91 Å². The molecule has 2 rings (SSSR count). The smallest absolute Gasteiger partial charge is 0.224 e. The molecule has 0 radical (unpaired) electrons. The Morgan fingerprint density at radius 2 is 2.17 bits per heavy atom. The molecule has 1 aromatic carbocycles. The van der Waals surface area contributed by atoms with Gasteiger partial charge in [0.25, 0.3) is 0 Å². The lowest BCUT2D eigenvalue weighted by Gasteiger charge is -2.15. The molecule has 0 saturated heterocycles. The Bertz CT molecular complexity index is 451. The maximum Gasteiger partial charge on any atom is 0.224 e. The van der Waals surface area contributed by atoms with Crippen LogP contribution >= 0.6 is 0 Å². The Morgan fingerprint density at radius 3 is 2.78 bits per heavy atom. The quantitative estimate of drug-likeness (QED) is 0.862. The Hall–Kier alpha value is -1.49. The lowest BCUT2D eigenvalue weighted by atomic mass is 10.0. The highest BCUT2D eigenvalue weighted by atomic mass is 19.1. The minimum atomic E-state index is -0.647. The number of benzene rings is 1. The third-order valence-corrected chi connectivity index (χ3v) is 3.37. The van der Waals surface area contributed by atoms with E-state index in [1.54, 1.807) is 0 Å². The average Bonchev–Trinajstić information content (AvgIpc) is 2.74. The van der Waals surface area contributed by atoms with Gasteiger partial charge in [-0.05, 0) is 18.9 Å². The number of hydrogen-bond donors (Lipinski definition) is 2. The highest BCUT2D eigenvalue weighted by Gasteiger charge is 2.29. The van der Waals surface area contributed by atoms with Crippen molar-refractivity contribution in [2.24, 2.45) is 11.7 Å². The van der Waals surface area contributed by atoms with E-state index in [1.807, 2.05) is 0 Å². The molecule has 98 valence electrons. The molecule has 1 saturated carbocycles. The summed E-state index contributed by atoms with van der Waals surface area (Å²) in [7, 11) is 0. The molecule has 1 aliphatic rings. The summed E-state index contributed by atoms with van der Waals surface area (Å²) in [6.45, 7) is 0.0637. The van der Waals surface area contributed by atoms with Gasteiger partial charge in [-0.1, -0.05) is 12.5 Å². The maximum absolute atomic E-state index is 13.3. The van der Waals surface area contributed by atoms with Crippen LogP contribution in [0, 0.1) is 17.6 Å². The van der Waals surface area contributed by atoms with Gasteiger partial charge in [0.15, 0.2) is 0 Å². The molecule has 1 aliphatic carbocycles. The van der Waals surface area contributed by atoms with Crippen LogP contribution < -0.4 is 11.1 Å². The van der Waals surface area contributed by atoms with Gasteiger partial charge in [-0.25, -0.2) is 8.78 Å². The largest absolute Gasteiger partial charge is 0.352 e. The van der Waals surface area contributed by atoms with Crippen molar-refractivity contribution in [1.29, 1.82) is 0 Å². The molecule has 5 heteroatoms. The van der Waals surface area contributed by atoms with E-state index in [2.05, 4.69) is 5.32 Å². The first-order chi connectivity index (χ1) is 8.58. The number of rotatable bonds is 3. The SMILES string of the molecule is NC1CCCC1C(=O)NCc1ccc(F)cc1F. The summed E-state index contributed by atoms with van der Waals surface area (Å²) in [4.78, 5) is 11.8. The maximum atomic E-state index is 13.3. The molecule has 3 N–H and O–H groups in total. The lowest BCUT2D eigenvalue weighted by Crippen LogP contribution is -2.38. The van der Waals surface area contributed by atoms with Gasteiger partial charge in [0.2, 0.25) is 5.91 Å². The molecule has 3 nitrogen and oxygen atoms in total. The summed E-state index contributed by atoms with van der Waals surface area (Å²) in [6, 6.07) is 3.21. The molecule has 0 spiro atoms. The standard InChI is InChI=1S/C13H16F2N2O/c14-9-5-4-8(11(15)6-9)7-17-13(18)10-2-1-3-12(10)16/h4-6,10,12H,1-3,7,16H2,(H,17,18). The van der Waals surface area contributed by atoms with Crippen molar-refractivity contribution in [2.45, 2.75) is 31.8 Å². The number of nitrogens with one attached hydrogen (secondary N) is 1. The molecule has 18 heavy (non-hydrogen) atoms. The van der Waals surface area contributed by atoms with Crippen molar-refractivity contribution in [2.75, 3.05) is 0 Å². The van der Waals surface area contributed by atoms with Crippen LogP contribution in [0.4, 0.5) is 8.78 Å². The van der Waals surface area contributed by atoms with Crippen LogP contribution in [0.2, 0.25) is 0 Å². The summed E-state index contributed by atoms with van der Waals surface area (Å²) in [6.07, 6.45) is 2.58. The number of carbonyl (C=O) groups is 1. The van der Waals surface area contributed by atoms with Crippen LogP contribution in [0.15, 0.2) is 18.2 Å². The molecular formula is C13H16F2N2O. The first-order valence-electron chi connectivity index (χ1n) is 6.05. The Balaban J connectivity index is 1.93. The fourth-order valence-electron chi connectivity index (χ4n) is 2.29. The van der Waals surface area contributed by atoms with Crippen molar-refractivity contribution in [3.63, 3.8) is 0 Å². The fourth-order valence-corrected chi connectivity index (χ4v) is 2.29. The van der Waals surface area contributed by atoms with E-state index in [0.29, 0.717) is 0 Å². The Labute approximate surface area is 104 Å². The van der Waals surface area contributed by atoms with Crippen LogP contribution in [0.3, 0.4) is 0 Å². The molecule has 0 aliphatic heterocycles. The first-order valence-corrected chi connectivity index (χ1v) is 6.05. The molecule has 1 aromatic rings. The molecule has 1 amide bonds. The van der Waals surface area contributed by atoms with Gasteiger partial charge >= 0.3 is 0 Å². The normalized spacial score (nSPS) is 23.1. The zero-order chi connectivity index (χ0) is 13.1. The second-order valence-corrected chi connectivity index (χ2v) is 4.65. The van der Waals surface area contributed by atoms with Crippen molar-refractivity contribution in [3.05, 3.63) is 35.4 Å². The Kier molecular flexibility index (Phi) is 3.91. The van der Waals surface area contributed by atoms with E-state index in [4.69, 9.17) is 5.73 Å². The number of halogens is 2. The van der Waals surface area contributed by atoms with Gasteiger partial charge in [0.1, 0.15) is 11.6 Å². The number of nitrogens with two attached hydrogens (primary N) is 1. The van der Waals surface area contributed by atoms with Crippen LogP contribution in [0.1, 0.15) is 24.8 Å². The predicted molar refractivity (Wildman–Crippen MR) is 63.5 cm³/mol. The highest BCUT2D eigenvalue weighted by molar-refractivity contribution is 5.79. The molecule has 1 fully saturated rings. The highest BCUT2D eigenvalue weighted by Crippen LogP contribution is 2.24. The van der Waals surface area contributed by atoms with Gasteiger partial charge in [-0.3, -0.25) is 4.79 Å². The summed E-state index contributed by atoms with van der Waals surface area (Å²) < 4.78 is 26.0. The topological polar surface area (TPSA) is 55.1 Å². The zero-order valence-electron chi connectivity index (χ0n) is 9.96. The second kappa shape index (κ2) is 5.44. The third-order valence-electron chi connectivity index (χ3n) is 3.37. The van der Waals surface area contributed by atoms with Crippen molar-refractivity contribution in [3.8, 4) is 0 Å². The summed E-state index contributed by atoms with van der Waals surface area (Å²) in [5.74, 6) is -1.61. The lowest BCUT2D eigenvalue weighted by molar-refractivity contribution is -0.125.